The molecule has 1 amide bonds. The van der Waals surface area contributed by atoms with E-state index in [9.17, 15) is 13.2 Å². The Morgan fingerprint density at radius 3 is 2.29 bits per heavy atom. The Morgan fingerprint density at radius 1 is 1.00 bits per heavy atom. The molecule has 11 heteroatoms. The highest BCUT2D eigenvalue weighted by Gasteiger charge is 2.16. The van der Waals surface area contributed by atoms with Gasteiger partial charge in [-0.05, 0) is 60.7 Å². The molecule has 0 bridgehead atoms. The lowest BCUT2D eigenvalue weighted by Gasteiger charge is -2.08. The van der Waals surface area contributed by atoms with Gasteiger partial charge < -0.3 is 4.57 Å². The van der Waals surface area contributed by atoms with Crippen molar-refractivity contribution in [2.45, 2.75) is 11.4 Å². The van der Waals surface area contributed by atoms with E-state index in [2.05, 4.69) is 16.3 Å². The second-order valence-electron chi connectivity index (χ2n) is 7.04. The number of anilines is 1. The van der Waals surface area contributed by atoms with Crippen LogP contribution in [0.5, 0.6) is 0 Å². The summed E-state index contributed by atoms with van der Waals surface area (Å²) in [6, 6.07) is 15.2. The summed E-state index contributed by atoms with van der Waals surface area (Å²) in [6.45, 7) is 4.14. The van der Waals surface area contributed by atoms with Crippen molar-refractivity contribution in [3.05, 3.63) is 98.8 Å². The van der Waals surface area contributed by atoms with Gasteiger partial charge in [-0.2, -0.15) is 4.99 Å². The van der Waals surface area contributed by atoms with Gasteiger partial charge in [0.25, 0.3) is 15.9 Å². The first-order valence-corrected chi connectivity index (χ1v) is 13.2. The van der Waals surface area contributed by atoms with Gasteiger partial charge >= 0.3 is 0 Å². The molecule has 0 spiro atoms. The Bertz CT molecular complexity index is 1570. The highest BCUT2D eigenvalue weighted by molar-refractivity contribution is 7.92. The molecular formula is C23H16Cl3N3O3S2. The average Bonchev–Trinajstić information content (AvgIpc) is 3.16. The van der Waals surface area contributed by atoms with E-state index in [4.69, 9.17) is 34.8 Å². The number of sulfonamides is 1. The minimum Gasteiger partial charge on any atom is -0.311 e. The number of fused-ring (bicyclic) bond motifs is 1. The fourth-order valence-electron chi connectivity index (χ4n) is 3.15. The Morgan fingerprint density at radius 2 is 1.65 bits per heavy atom. The van der Waals surface area contributed by atoms with Gasteiger partial charge in [-0.1, -0.05) is 52.2 Å². The van der Waals surface area contributed by atoms with Crippen molar-refractivity contribution in [1.82, 2.24) is 4.57 Å². The smallest absolute Gasteiger partial charge is 0.279 e. The quantitative estimate of drug-likeness (QED) is 0.281. The van der Waals surface area contributed by atoms with E-state index in [1.165, 1.54) is 59.9 Å². The van der Waals surface area contributed by atoms with Crippen LogP contribution in [0.4, 0.5) is 5.69 Å². The Hall–Kier alpha value is -2.62. The number of carbonyl (C=O) groups is 1. The third kappa shape index (κ3) is 5.06. The standard InChI is InChI=1S/C23H16Cl3N3O3S2/c1-2-13-29-20-18(25)11-12-19(26)21(20)33-23(29)27-22(30)14-3-7-16(8-4-14)28-34(31,32)17-9-5-15(24)6-10-17/h2-12,28H,1,13H2. The third-order valence-corrected chi connectivity index (χ3v) is 8.24. The maximum atomic E-state index is 12.9. The van der Waals surface area contributed by atoms with E-state index in [1.54, 1.807) is 22.8 Å². The van der Waals surface area contributed by atoms with Gasteiger partial charge in [-0.15, -0.1) is 6.58 Å². The van der Waals surface area contributed by atoms with Gasteiger partial charge in [0.1, 0.15) is 0 Å². The summed E-state index contributed by atoms with van der Waals surface area (Å²) in [6.07, 6.45) is 1.68. The number of rotatable bonds is 6. The molecule has 0 radical (unpaired) electrons. The number of nitrogens with zero attached hydrogens (tertiary/aromatic N) is 2. The lowest BCUT2D eigenvalue weighted by molar-refractivity contribution is 0.0998. The maximum absolute atomic E-state index is 12.9. The molecule has 0 saturated heterocycles. The molecule has 0 saturated carbocycles. The number of amides is 1. The zero-order valence-corrected chi connectivity index (χ0v) is 21.2. The number of carbonyl (C=O) groups excluding carboxylic acids is 1. The van der Waals surface area contributed by atoms with Gasteiger partial charge in [0.2, 0.25) is 0 Å². The van der Waals surface area contributed by atoms with Crippen LogP contribution >= 0.6 is 46.1 Å². The second-order valence-corrected chi connectivity index (χ2v) is 11.0. The van der Waals surface area contributed by atoms with E-state index < -0.39 is 15.9 Å². The van der Waals surface area contributed by atoms with E-state index in [-0.39, 0.29) is 10.5 Å². The van der Waals surface area contributed by atoms with Crippen LogP contribution in [-0.4, -0.2) is 18.9 Å². The maximum Gasteiger partial charge on any atom is 0.279 e. The predicted octanol–water partition coefficient (Wildman–Crippen LogP) is 6.39. The van der Waals surface area contributed by atoms with Crippen LogP contribution in [0.2, 0.25) is 15.1 Å². The third-order valence-electron chi connectivity index (χ3n) is 4.75. The van der Waals surface area contributed by atoms with Gasteiger partial charge in [-0.25, -0.2) is 8.42 Å². The molecule has 6 nitrogen and oxygen atoms in total. The van der Waals surface area contributed by atoms with Crippen LogP contribution < -0.4 is 9.52 Å². The zero-order valence-electron chi connectivity index (χ0n) is 17.3. The molecule has 4 aromatic rings. The first-order chi connectivity index (χ1) is 16.2. The van der Waals surface area contributed by atoms with E-state index in [0.717, 1.165) is 4.70 Å². The summed E-state index contributed by atoms with van der Waals surface area (Å²) in [5.74, 6) is -0.497. The lowest BCUT2D eigenvalue weighted by Crippen LogP contribution is -2.16. The highest BCUT2D eigenvalue weighted by Crippen LogP contribution is 2.32. The topological polar surface area (TPSA) is 80.5 Å². The molecule has 0 fully saturated rings. The molecule has 0 aliphatic carbocycles. The number of halogens is 3. The molecule has 1 N–H and O–H groups in total. The summed E-state index contributed by atoms with van der Waals surface area (Å²) < 4.78 is 30.0. The van der Waals surface area contributed by atoms with E-state index in [0.29, 0.717) is 37.6 Å². The van der Waals surface area contributed by atoms with Crippen LogP contribution in [0.3, 0.4) is 0 Å². The van der Waals surface area contributed by atoms with Crippen molar-refractivity contribution in [2.24, 2.45) is 4.99 Å². The predicted molar refractivity (Wildman–Crippen MR) is 139 cm³/mol. The van der Waals surface area contributed by atoms with Crippen molar-refractivity contribution >= 4 is 78.0 Å². The molecule has 0 unspecified atom stereocenters. The largest absolute Gasteiger partial charge is 0.311 e. The molecular weight excluding hydrogens is 537 g/mol. The van der Waals surface area contributed by atoms with Crippen LogP contribution in [0.1, 0.15) is 10.4 Å². The van der Waals surface area contributed by atoms with E-state index in [1.807, 2.05) is 0 Å². The number of aromatic nitrogens is 1. The molecule has 34 heavy (non-hydrogen) atoms. The first kappa shape index (κ1) is 24.5. The van der Waals surface area contributed by atoms with Crippen molar-refractivity contribution < 1.29 is 13.2 Å². The summed E-state index contributed by atoms with van der Waals surface area (Å²) in [5, 5.41) is 1.43. The SMILES string of the molecule is C=CCn1c(=NC(=O)c2ccc(NS(=O)(=O)c3ccc(Cl)cc3)cc2)sc2c(Cl)ccc(Cl)c21. The van der Waals surface area contributed by atoms with Crippen LogP contribution in [-0.2, 0) is 16.6 Å². The highest BCUT2D eigenvalue weighted by atomic mass is 35.5. The van der Waals surface area contributed by atoms with Gasteiger partial charge in [0.05, 0.1) is 25.2 Å². The zero-order chi connectivity index (χ0) is 24.5. The summed E-state index contributed by atoms with van der Waals surface area (Å²) in [5.41, 5.74) is 1.26. The van der Waals surface area contributed by atoms with Crippen LogP contribution in [0, 0.1) is 0 Å². The van der Waals surface area contributed by atoms with Gasteiger partial charge in [-0.3, -0.25) is 9.52 Å². The summed E-state index contributed by atoms with van der Waals surface area (Å²) in [4.78, 5) is 17.6. The monoisotopic (exact) mass is 551 g/mol. The fraction of sp³-hybridized carbons (Fsp3) is 0.0435. The fourth-order valence-corrected chi connectivity index (χ4v) is 5.99. The summed E-state index contributed by atoms with van der Waals surface area (Å²) >= 11 is 19.7. The number of hydrogen-bond acceptors (Lipinski definition) is 4. The van der Waals surface area contributed by atoms with Crippen molar-refractivity contribution in [3.63, 3.8) is 0 Å². The molecule has 1 aromatic heterocycles. The molecule has 0 aliphatic rings. The van der Waals surface area contributed by atoms with Crippen LogP contribution in [0.25, 0.3) is 10.2 Å². The number of nitrogens with one attached hydrogen (secondary N) is 1. The normalized spacial score (nSPS) is 12.1. The lowest BCUT2D eigenvalue weighted by atomic mass is 10.2. The Balaban J connectivity index is 1.64. The minimum absolute atomic E-state index is 0.0703. The second kappa shape index (κ2) is 9.93. The molecule has 1 heterocycles. The van der Waals surface area contributed by atoms with Crippen molar-refractivity contribution in [2.75, 3.05) is 4.72 Å². The number of thiazole rings is 1. The van der Waals surface area contributed by atoms with Gasteiger partial charge in [0.15, 0.2) is 4.80 Å². The minimum atomic E-state index is -3.80. The number of hydrogen-bond donors (Lipinski definition) is 1. The average molecular weight is 553 g/mol. The molecule has 0 atom stereocenters. The summed E-state index contributed by atoms with van der Waals surface area (Å²) in [7, 11) is -3.80. The first-order valence-electron chi connectivity index (χ1n) is 9.75. The number of benzene rings is 3. The molecule has 174 valence electrons. The van der Waals surface area contributed by atoms with Crippen LogP contribution in [0.15, 0.2) is 83.2 Å². The van der Waals surface area contributed by atoms with Crippen molar-refractivity contribution in [3.8, 4) is 0 Å². The van der Waals surface area contributed by atoms with Gasteiger partial charge in [0, 0.05) is 22.8 Å². The molecule has 4 rings (SSSR count). The molecule has 3 aromatic carbocycles. The molecule has 0 aliphatic heterocycles. The van der Waals surface area contributed by atoms with E-state index >= 15 is 0 Å². The Labute approximate surface area is 214 Å². The Kier molecular flexibility index (Phi) is 7.16. The number of allylic oxidation sites excluding steroid dienone is 1. The van der Waals surface area contributed by atoms with Crippen molar-refractivity contribution in [1.29, 1.82) is 0 Å².